The van der Waals surface area contributed by atoms with Crippen molar-refractivity contribution in [2.75, 3.05) is 0 Å². The third-order valence-electron chi connectivity index (χ3n) is 3.17. The number of hydrogen-bond donors (Lipinski definition) is 0. The molecular weight excluding hydrogens is 256 g/mol. The van der Waals surface area contributed by atoms with Crippen LogP contribution < -0.4 is 0 Å². The second-order valence-electron chi connectivity index (χ2n) is 4.25. The van der Waals surface area contributed by atoms with Gasteiger partial charge in [0.05, 0.1) is 0 Å². The molecule has 0 nitrogen and oxygen atoms in total. The molecule has 0 spiro atoms. The van der Waals surface area contributed by atoms with Gasteiger partial charge in [-0.2, -0.15) is 11.3 Å². The summed E-state index contributed by atoms with van der Waals surface area (Å²) in [7, 11) is 0. The quantitative estimate of drug-likeness (QED) is 0.704. The Bertz CT molecular complexity index is 249. The van der Waals surface area contributed by atoms with Gasteiger partial charge < -0.3 is 0 Å². The maximum atomic E-state index is 3.87. The van der Waals surface area contributed by atoms with Crippen LogP contribution in [0.1, 0.15) is 37.7 Å². The van der Waals surface area contributed by atoms with Gasteiger partial charge in [-0.3, -0.25) is 0 Å². The van der Waals surface area contributed by atoms with Crippen LogP contribution in [0.2, 0.25) is 0 Å². The molecule has 0 radical (unpaired) electrons. The van der Waals surface area contributed by atoms with E-state index in [4.69, 9.17) is 0 Å². The Hall–Kier alpha value is 0.180. The van der Waals surface area contributed by atoms with Gasteiger partial charge in [-0.25, -0.2) is 0 Å². The Kier molecular flexibility index (Phi) is 4.06. The molecule has 14 heavy (non-hydrogen) atoms. The second-order valence-corrected chi connectivity index (χ2v) is 6.21. The van der Waals surface area contributed by atoms with E-state index in [1.165, 1.54) is 44.1 Å². The molecule has 2 heteroatoms. The zero-order valence-electron chi connectivity index (χ0n) is 8.42. The molecular formula is C12H17BrS. The Morgan fingerprint density at radius 3 is 2.79 bits per heavy atom. The first-order valence-electron chi connectivity index (χ1n) is 5.51. The molecule has 1 aliphatic carbocycles. The van der Waals surface area contributed by atoms with Gasteiger partial charge in [0, 0.05) is 4.83 Å². The third kappa shape index (κ3) is 2.83. The van der Waals surface area contributed by atoms with E-state index < -0.39 is 0 Å². The fourth-order valence-electron chi connectivity index (χ4n) is 2.30. The van der Waals surface area contributed by atoms with Crippen LogP contribution in [0.25, 0.3) is 0 Å². The average Bonchev–Trinajstić information content (AvgIpc) is 2.72. The van der Waals surface area contributed by atoms with E-state index in [1.54, 1.807) is 0 Å². The summed E-state index contributed by atoms with van der Waals surface area (Å²) in [6.45, 7) is 0. The van der Waals surface area contributed by atoms with Gasteiger partial charge in [0.1, 0.15) is 0 Å². The number of halogens is 1. The maximum Gasteiger partial charge on any atom is 0.0214 e. The molecule has 0 saturated heterocycles. The van der Waals surface area contributed by atoms with Crippen LogP contribution in [-0.4, -0.2) is 4.83 Å². The van der Waals surface area contributed by atoms with Gasteiger partial charge >= 0.3 is 0 Å². The fourth-order valence-corrected chi connectivity index (χ4v) is 3.88. The zero-order valence-corrected chi connectivity index (χ0v) is 10.8. The van der Waals surface area contributed by atoms with E-state index in [1.807, 2.05) is 11.3 Å². The van der Waals surface area contributed by atoms with Crippen LogP contribution in [0.4, 0.5) is 0 Å². The molecule has 1 saturated carbocycles. The molecule has 2 rings (SSSR count). The second kappa shape index (κ2) is 5.32. The molecule has 0 aliphatic heterocycles. The summed E-state index contributed by atoms with van der Waals surface area (Å²) in [5, 5.41) is 4.45. The topological polar surface area (TPSA) is 0 Å². The first-order valence-corrected chi connectivity index (χ1v) is 7.37. The molecule has 0 amide bonds. The highest BCUT2D eigenvalue weighted by Crippen LogP contribution is 2.32. The largest absolute Gasteiger partial charge is 0.152 e. The van der Waals surface area contributed by atoms with Gasteiger partial charge in [0.15, 0.2) is 0 Å². The lowest BCUT2D eigenvalue weighted by Gasteiger charge is -2.26. The van der Waals surface area contributed by atoms with E-state index in [9.17, 15) is 0 Å². The van der Waals surface area contributed by atoms with Crippen LogP contribution in [0, 0.1) is 5.92 Å². The van der Waals surface area contributed by atoms with Crippen LogP contribution in [-0.2, 0) is 6.42 Å². The van der Waals surface area contributed by atoms with Crippen LogP contribution in [0.5, 0.6) is 0 Å². The van der Waals surface area contributed by atoms with Crippen molar-refractivity contribution in [2.45, 2.75) is 43.4 Å². The third-order valence-corrected chi connectivity index (χ3v) is 4.98. The minimum absolute atomic E-state index is 0.706. The summed E-state index contributed by atoms with van der Waals surface area (Å²) < 4.78 is 0. The van der Waals surface area contributed by atoms with Crippen molar-refractivity contribution in [2.24, 2.45) is 5.92 Å². The van der Waals surface area contributed by atoms with Crippen LogP contribution >= 0.6 is 27.3 Å². The van der Waals surface area contributed by atoms with Crippen molar-refractivity contribution < 1.29 is 0 Å². The standard InChI is InChI=1S/C12H17BrS/c13-12(8-10-6-7-14-9-10)11-4-2-1-3-5-11/h6-7,9,11-12H,1-5,8H2. The summed E-state index contributed by atoms with van der Waals surface area (Å²) in [5.74, 6) is 0.920. The normalized spacial score (nSPS) is 20.9. The van der Waals surface area contributed by atoms with E-state index in [-0.39, 0.29) is 0 Å². The molecule has 1 heterocycles. The number of hydrogen-bond acceptors (Lipinski definition) is 1. The maximum absolute atomic E-state index is 3.87. The van der Waals surface area contributed by atoms with E-state index in [2.05, 4.69) is 32.8 Å². The summed E-state index contributed by atoms with van der Waals surface area (Å²) in [5.41, 5.74) is 1.50. The molecule has 0 N–H and O–H groups in total. The van der Waals surface area contributed by atoms with Crippen LogP contribution in [0.3, 0.4) is 0 Å². The van der Waals surface area contributed by atoms with Gasteiger partial charge in [-0.05, 0) is 47.6 Å². The van der Waals surface area contributed by atoms with Crippen molar-refractivity contribution in [1.29, 1.82) is 0 Å². The molecule has 1 aromatic heterocycles. The predicted octanol–water partition coefficient (Wildman–Crippen LogP) is 4.63. The Balaban J connectivity index is 1.85. The lowest BCUT2D eigenvalue weighted by Crippen LogP contribution is -2.19. The average molecular weight is 273 g/mol. The highest BCUT2D eigenvalue weighted by molar-refractivity contribution is 9.09. The first-order chi connectivity index (χ1) is 6.86. The minimum atomic E-state index is 0.706. The van der Waals surface area contributed by atoms with Gasteiger partial charge in [-0.1, -0.05) is 35.2 Å². The summed E-state index contributed by atoms with van der Waals surface area (Å²) in [6, 6.07) is 2.25. The lowest BCUT2D eigenvalue weighted by atomic mass is 9.85. The van der Waals surface area contributed by atoms with E-state index in [0.29, 0.717) is 4.83 Å². The summed E-state index contributed by atoms with van der Waals surface area (Å²) in [4.78, 5) is 0.706. The number of alkyl halides is 1. The van der Waals surface area contributed by atoms with Crippen molar-refractivity contribution >= 4 is 27.3 Å². The number of rotatable bonds is 3. The van der Waals surface area contributed by atoms with Gasteiger partial charge in [0.25, 0.3) is 0 Å². The fraction of sp³-hybridized carbons (Fsp3) is 0.667. The van der Waals surface area contributed by atoms with Crippen molar-refractivity contribution in [3.8, 4) is 0 Å². The zero-order chi connectivity index (χ0) is 9.80. The highest BCUT2D eigenvalue weighted by Gasteiger charge is 2.21. The van der Waals surface area contributed by atoms with Crippen LogP contribution in [0.15, 0.2) is 16.8 Å². The summed E-state index contributed by atoms with van der Waals surface area (Å²) >= 11 is 5.67. The Morgan fingerprint density at radius 1 is 1.36 bits per heavy atom. The molecule has 1 atom stereocenters. The molecule has 1 aromatic rings. The van der Waals surface area contributed by atoms with E-state index >= 15 is 0 Å². The highest BCUT2D eigenvalue weighted by atomic mass is 79.9. The SMILES string of the molecule is BrC(Cc1ccsc1)C1CCCCC1. The van der Waals surface area contributed by atoms with Gasteiger partial charge in [-0.15, -0.1) is 0 Å². The first kappa shape index (κ1) is 10.7. The Morgan fingerprint density at radius 2 is 2.14 bits per heavy atom. The van der Waals surface area contributed by atoms with E-state index in [0.717, 1.165) is 5.92 Å². The smallest absolute Gasteiger partial charge is 0.0214 e. The lowest BCUT2D eigenvalue weighted by molar-refractivity contribution is 0.350. The predicted molar refractivity (Wildman–Crippen MR) is 67.3 cm³/mol. The Labute approximate surface area is 98.9 Å². The van der Waals surface area contributed by atoms with Crippen molar-refractivity contribution in [3.63, 3.8) is 0 Å². The van der Waals surface area contributed by atoms with Gasteiger partial charge in [0.2, 0.25) is 0 Å². The number of thiophene rings is 1. The molecule has 1 unspecified atom stereocenters. The summed E-state index contributed by atoms with van der Waals surface area (Å²) in [6.07, 6.45) is 8.41. The minimum Gasteiger partial charge on any atom is -0.152 e. The molecule has 78 valence electrons. The molecule has 1 aliphatic rings. The molecule has 1 fully saturated rings. The van der Waals surface area contributed by atoms with Crippen molar-refractivity contribution in [3.05, 3.63) is 22.4 Å². The molecule has 0 bridgehead atoms. The van der Waals surface area contributed by atoms with Crippen molar-refractivity contribution in [1.82, 2.24) is 0 Å². The molecule has 0 aromatic carbocycles. The monoisotopic (exact) mass is 272 g/mol.